The second-order valence-electron chi connectivity index (χ2n) is 8.25. The normalized spacial score (nSPS) is 15.2. The maximum atomic E-state index is 14.0. The van der Waals surface area contributed by atoms with E-state index in [-0.39, 0.29) is 32.1 Å². The van der Waals surface area contributed by atoms with Gasteiger partial charge in [-0.2, -0.15) is 4.31 Å². The number of sulfonamides is 1. The van der Waals surface area contributed by atoms with Gasteiger partial charge in [0.1, 0.15) is 16.5 Å². The Morgan fingerprint density at radius 1 is 1.06 bits per heavy atom. The summed E-state index contributed by atoms with van der Waals surface area (Å²) in [5.41, 5.74) is 0.745. The molecule has 0 atom stereocenters. The number of amides is 1. The molecule has 1 aliphatic rings. The number of hydrogen-bond donors (Lipinski definition) is 0. The third-order valence-electron chi connectivity index (χ3n) is 5.24. The van der Waals surface area contributed by atoms with Crippen molar-refractivity contribution in [3.05, 3.63) is 59.7 Å². The predicted octanol–water partition coefficient (Wildman–Crippen LogP) is 3.55. The fourth-order valence-corrected chi connectivity index (χ4v) is 4.88. The topological polar surface area (TPSA) is 76.2 Å². The molecule has 1 saturated heterocycles. The molecule has 0 aliphatic carbocycles. The summed E-state index contributed by atoms with van der Waals surface area (Å²) in [5.74, 6) is -0.723. The van der Waals surface area contributed by atoms with E-state index in [4.69, 9.17) is 9.47 Å². The van der Waals surface area contributed by atoms with Crippen molar-refractivity contribution in [3.63, 3.8) is 0 Å². The van der Waals surface area contributed by atoms with Crippen LogP contribution in [0.15, 0.2) is 47.4 Å². The molecule has 34 heavy (non-hydrogen) atoms. The lowest BCUT2D eigenvalue weighted by Crippen LogP contribution is -2.50. The van der Waals surface area contributed by atoms with Gasteiger partial charge in [0.05, 0.1) is 13.7 Å². The molecule has 1 amide bonds. The number of rotatable bonds is 8. The Hall–Kier alpha value is -2.98. The summed E-state index contributed by atoms with van der Waals surface area (Å²) in [6, 6.07) is 7.70. The zero-order valence-electron chi connectivity index (χ0n) is 19.3. The summed E-state index contributed by atoms with van der Waals surface area (Å²) in [7, 11) is -2.58. The SMILES string of the molecule is COc1cc(/C=C/C(=O)N2CCN(S(=O)(=O)c3ccc(F)cc3F)CC2)ccc1OCC(C)C. The highest BCUT2D eigenvalue weighted by Crippen LogP contribution is 2.29. The Morgan fingerprint density at radius 3 is 2.38 bits per heavy atom. The smallest absolute Gasteiger partial charge is 0.246 e. The van der Waals surface area contributed by atoms with Crippen molar-refractivity contribution in [2.75, 3.05) is 39.9 Å². The molecule has 2 aromatic rings. The Morgan fingerprint density at radius 2 is 1.76 bits per heavy atom. The molecule has 7 nitrogen and oxygen atoms in total. The van der Waals surface area contributed by atoms with Crippen LogP contribution in [0.25, 0.3) is 6.08 Å². The standard InChI is InChI=1S/C24H28F2N2O5S/c1-17(2)16-33-21-7-4-18(14-22(21)32-3)5-9-24(29)27-10-12-28(13-11-27)34(30,31)23-8-6-19(25)15-20(23)26/h4-9,14-15,17H,10-13,16H2,1-3H3/b9-5+. The van der Waals surface area contributed by atoms with E-state index >= 15 is 0 Å². The number of benzene rings is 2. The lowest BCUT2D eigenvalue weighted by Gasteiger charge is -2.33. The number of piperazine rings is 1. The van der Waals surface area contributed by atoms with Crippen LogP contribution >= 0.6 is 0 Å². The monoisotopic (exact) mass is 494 g/mol. The highest BCUT2D eigenvalue weighted by molar-refractivity contribution is 7.89. The number of carbonyl (C=O) groups is 1. The fourth-order valence-electron chi connectivity index (χ4n) is 3.41. The molecule has 0 radical (unpaired) electrons. The molecule has 0 bridgehead atoms. The lowest BCUT2D eigenvalue weighted by atomic mass is 10.1. The van der Waals surface area contributed by atoms with Crippen molar-refractivity contribution in [1.29, 1.82) is 0 Å². The van der Waals surface area contributed by atoms with Gasteiger partial charge in [0.15, 0.2) is 11.5 Å². The molecule has 0 unspecified atom stereocenters. The second-order valence-corrected chi connectivity index (χ2v) is 10.2. The lowest BCUT2D eigenvalue weighted by molar-refractivity contribution is -0.127. The molecule has 3 rings (SSSR count). The van der Waals surface area contributed by atoms with Gasteiger partial charge < -0.3 is 14.4 Å². The zero-order chi connectivity index (χ0) is 24.9. The molecule has 1 heterocycles. The average Bonchev–Trinajstić information content (AvgIpc) is 2.81. The average molecular weight is 495 g/mol. The largest absolute Gasteiger partial charge is 0.493 e. The van der Waals surface area contributed by atoms with Gasteiger partial charge in [-0.1, -0.05) is 19.9 Å². The minimum absolute atomic E-state index is 0.00837. The summed E-state index contributed by atoms with van der Waals surface area (Å²) in [6.45, 7) is 4.96. The minimum atomic E-state index is -4.13. The van der Waals surface area contributed by atoms with Crippen molar-refractivity contribution >= 4 is 22.0 Å². The first-order chi connectivity index (χ1) is 16.1. The minimum Gasteiger partial charge on any atom is -0.493 e. The molecule has 184 valence electrons. The molecular formula is C24H28F2N2O5S. The van der Waals surface area contributed by atoms with E-state index in [2.05, 4.69) is 0 Å². The van der Waals surface area contributed by atoms with Crippen LogP contribution in [0.3, 0.4) is 0 Å². The maximum Gasteiger partial charge on any atom is 0.246 e. The van der Waals surface area contributed by atoms with Gasteiger partial charge in [-0.25, -0.2) is 17.2 Å². The van der Waals surface area contributed by atoms with Crippen molar-refractivity contribution in [2.24, 2.45) is 5.92 Å². The van der Waals surface area contributed by atoms with Crippen molar-refractivity contribution < 1.29 is 31.5 Å². The predicted molar refractivity (Wildman–Crippen MR) is 124 cm³/mol. The van der Waals surface area contributed by atoms with Crippen LogP contribution in [0, 0.1) is 17.6 Å². The van der Waals surface area contributed by atoms with E-state index in [1.54, 1.807) is 25.3 Å². The Kier molecular flexibility index (Phi) is 8.27. The van der Waals surface area contributed by atoms with Crippen molar-refractivity contribution in [3.8, 4) is 11.5 Å². The fraction of sp³-hybridized carbons (Fsp3) is 0.375. The van der Waals surface area contributed by atoms with Gasteiger partial charge in [-0.15, -0.1) is 0 Å². The highest BCUT2D eigenvalue weighted by Gasteiger charge is 2.31. The number of methoxy groups -OCH3 is 1. The van der Waals surface area contributed by atoms with Crippen LogP contribution in [0.5, 0.6) is 11.5 Å². The first-order valence-electron chi connectivity index (χ1n) is 10.8. The zero-order valence-corrected chi connectivity index (χ0v) is 20.1. The van der Waals surface area contributed by atoms with Gasteiger partial charge in [-0.05, 0) is 41.8 Å². The van der Waals surface area contributed by atoms with E-state index in [1.807, 2.05) is 19.9 Å². The van der Waals surface area contributed by atoms with Gasteiger partial charge in [0, 0.05) is 38.3 Å². The van der Waals surface area contributed by atoms with Gasteiger partial charge >= 0.3 is 0 Å². The van der Waals surface area contributed by atoms with Crippen LogP contribution in [0.4, 0.5) is 8.78 Å². The Labute approximate surface area is 198 Å². The number of carbonyl (C=O) groups excluding carboxylic acids is 1. The molecule has 1 fully saturated rings. The van der Waals surface area contributed by atoms with Crippen LogP contribution in [0.1, 0.15) is 19.4 Å². The summed E-state index contributed by atoms with van der Waals surface area (Å²) in [6.07, 6.45) is 3.06. The van der Waals surface area contributed by atoms with Crippen LogP contribution in [-0.2, 0) is 14.8 Å². The van der Waals surface area contributed by atoms with Crippen LogP contribution in [0.2, 0.25) is 0 Å². The van der Waals surface area contributed by atoms with Crippen molar-refractivity contribution in [2.45, 2.75) is 18.7 Å². The molecule has 1 aliphatic heterocycles. The summed E-state index contributed by atoms with van der Waals surface area (Å²) in [5, 5.41) is 0. The van der Waals surface area contributed by atoms with Gasteiger partial charge in [-0.3, -0.25) is 4.79 Å². The number of hydrogen-bond acceptors (Lipinski definition) is 5. The third kappa shape index (κ3) is 6.12. The van der Waals surface area contributed by atoms with Crippen LogP contribution in [-0.4, -0.2) is 63.4 Å². The number of nitrogens with zero attached hydrogens (tertiary/aromatic N) is 2. The van der Waals surface area contributed by atoms with E-state index in [0.29, 0.717) is 30.1 Å². The first kappa shape index (κ1) is 25.6. The van der Waals surface area contributed by atoms with E-state index in [0.717, 1.165) is 22.0 Å². The molecule has 0 saturated carbocycles. The molecule has 0 N–H and O–H groups in total. The number of halogens is 2. The molecular weight excluding hydrogens is 466 g/mol. The summed E-state index contributed by atoms with van der Waals surface area (Å²) >= 11 is 0. The van der Waals surface area contributed by atoms with Gasteiger partial charge in [0.2, 0.25) is 15.9 Å². The molecule has 0 aromatic heterocycles. The Balaban J connectivity index is 1.61. The summed E-state index contributed by atoms with van der Waals surface area (Å²) < 4.78 is 64.7. The Bertz CT molecular complexity index is 1160. The number of ether oxygens (including phenoxy) is 2. The third-order valence-corrected chi connectivity index (χ3v) is 7.17. The molecule has 2 aromatic carbocycles. The quantitative estimate of drug-likeness (QED) is 0.525. The van der Waals surface area contributed by atoms with Crippen molar-refractivity contribution in [1.82, 2.24) is 9.21 Å². The van der Waals surface area contributed by atoms with E-state index in [9.17, 15) is 22.0 Å². The molecule has 10 heteroatoms. The maximum absolute atomic E-state index is 14.0. The summed E-state index contributed by atoms with van der Waals surface area (Å²) in [4.78, 5) is 13.5. The second kappa shape index (κ2) is 11.0. The van der Waals surface area contributed by atoms with Crippen LogP contribution < -0.4 is 9.47 Å². The first-order valence-corrected chi connectivity index (χ1v) is 12.3. The highest BCUT2D eigenvalue weighted by atomic mass is 32.2. The van der Waals surface area contributed by atoms with E-state index < -0.39 is 26.6 Å². The van der Waals surface area contributed by atoms with E-state index in [1.165, 1.54) is 11.0 Å². The van der Waals surface area contributed by atoms with Gasteiger partial charge in [0.25, 0.3) is 0 Å². The molecule has 0 spiro atoms.